The Balaban J connectivity index is 2.02. The van der Waals surface area contributed by atoms with E-state index in [0.717, 1.165) is 21.5 Å². The molecule has 0 spiro atoms. The molecule has 2 aromatic carbocycles. The highest BCUT2D eigenvalue weighted by atomic mass is 79.9. The molecular weight excluding hydrogens is 318 g/mol. The number of hydrogen-bond acceptors (Lipinski definition) is 2. The average Bonchev–Trinajstić information content (AvgIpc) is 2.49. The van der Waals surface area contributed by atoms with Crippen molar-refractivity contribution in [2.75, 3.05) is 18.1 Å². The maximum Gasteiger partial charge on any atom is 0.259 e. The molecule has 102 valence electrons. The lowest BCUT2D eigenvalue weighted by atomic mass is 10.1. The van der Waals surface area contributed by atoms with Gasteiger partial charge < -0.3 is 9.64 Å². The topological polar surface area (TPSA) is 29.5 Å². The lowest BCUT2D eigenvalue weighted by Crippen LogP contribution is -2.38. The van der Waals surface area contributed by atoms with Crippen molar-refractivity contribution in [2.45, 2.75) is 6.92 Å². The molecule has 0 N–H and O–H groups in total. The van der Waals surface area contributed by atoms with Crippen LogP contribution in [0.15, 0.2) is 46.9 Å². The van der Waals surface area contributed by atoms with Crippen LogP contribution in [0, 0.1) is 6.92 Å². The minimum atomic E-state index is -0.00340. The third-order valence-electron chi connectivity index (χ3n) is 3.40. The second-order valence-electron chi connectivity index (χ2n) is 4.71. The number of fused-ring (bicyclic) bond motifs is 1. The molecule has 2 aromatic rings. The van der Waals surface area contributed by atoms with Crippen LogP contribution < -0.4 is 9.64 Å². The van der Waals surface area contributed by atoms with Crippen molar-refractivity contribution in [1.29, 1.82) is 0 Å². The van der Waals surface area contributed by atoms with E-state index in [1.165, 1.54) is 0 Å². The molecule has 4 heteroatoms. The van der Waals surface area contributed by atoms with E-state index in [1.807, 2.05) is 49.4 Å². The van der Waals surface area contributed by atoms with Crippen LogP contribution >= 0.6 is 15.9 Å². The molecule has 0 saturated heterocycles. The third kappa shape index (κ3) is 2.20. The maximum absolute atomic E-state index is 12.8. The number of carbonyl (C=O) groups is 1. The van der Waals surface area contributed by atoms with Crippen molar-refractivity contribution in [3.8, 4) is 5.75 Å². The van der Waals surface area contributed by atoms with E-state index in [9.17, 15) is 4.79 Å². The SMILES string of the molecule is Cc1cccc(C(=O)N2CCOc3ccccc32)c1Br. The molecule has 1 aliphatic rings. The van der Waals surface area contributed by atoms with Crippen LogP contribution in [0.2, 0.25) is 0 Å². The Morgan fingerprint density at radius 1 is 1.20 bits per heavy atom. The smallest absolute Gasteiger partial charge is 0.259 e. The minimum absolute atomic E-state index is 0.00340. The summed E-state index contributed by atoms with van der Waals surface area (Å²) < 4.78 is 6.44. The second kappa shape index (κ2) is 5.29. The number of rotatable bonds is 1. The van der Waals surface area contributed by atoms with Gasteiger partial charge in [-0.2, -0.15) is 0 Å². The second-order valence-corrected chi connectivity index (χ2v) is 5.50. The monoisotopic (exact) mass is 331 g/mol. The van der Waals surface area contributed by atoms with Crippen LogP contribution in [0.25, 0.3) is 0 Å². The Morgan fingerprint density at radius 3 is 2.85 bits per heavy atom. The highest BCUT2D eigenvalue weighted by Crippen LogP contribution is 2.33. The Kier molecular flexibility index (Phi) is 3.49. The molecule has 1 amide bonds. The summed E-state index contributed by atoms with van der Waals surface area (Å²) in [6, 6.07) is 13.4. The van der Waals surface area contributed by atoms with E-state index in [4.69, 9.17) is 4.74 Å². The zero-order valence-electron chi connectivity index (χ0n) is 11.1. The van der Waals surface area contributed by atoms with E-state index in [2.05, 4.69) is 15.9 Å². The number of para-hydroxylation sites is 2. The summed E-state index contributed by atoms with van der Waals surface area (Å²) in [5.74, 6) is 0.757. The van der Waals surface area contributed by atoms with Gasteiger partial charge >= 0.3 is 0 Å². The molecule has 1 heterocycles. The largest absolute Gasteiger partial charge is 0.490 e. The fourth-order valence-electron chi connectivity index (χ4n) is 2.34. The first-order valence-corrected chi connectivity index (χ1v) is 7.26. The molecule has 0 saturated carbocycles. The molecular formula is C16H14BrNO2. The highest BCUT2D eigenvalue weighted by molar-refractivity contribution is 9.10. The van der Waals surface area contributed by atoms with Crippen molar-refractivity contribution >= 4 is 27.5 Å². The number of amides is 1. The van der Waals surface area contributed by atoms with Gasteiger partial charge in [-0.1, -0.05) is 24.3 Å². The van der Waals surface area contributed by atoms with E-state index < -0.39 is 0 Å². The summed E-state index contributed by atoms with van der Waals surface area (Å²) in [6.45, 7) is 3.07. The first kappa shape index (κ1) is 13.2. The first-order valence-electron chi connectivity index (χ1n) is 6.47. The van der Waals surface area contributed by atoms with Gasteiger partial charge in [0.2, 0.25) is 0 Å². The third-order valence-corrected chi connectivity index (χ3v) is 4.45. The molecule has 20 heavy (non-hydrogen) atoms. The van der Waals surface area contributed by atoms with Crippen LogP contribution in [-0.4, -0.2) is 19.1 Å². The lowest BCUT2D eigenvalue weighted by Gasteiger charge is -2.29. The van der Waals surface area contributed by atoms with Crippen LogP contribution in [0.4, 0.5) is 5.69 Å². The van der Waals surface area contributed by atoms with Crippen molar-refractivity contribution < 1.29 is 9.53 Å². The number of anilines is 1. The molecule has 0 atom stereocenters. The summed E-state index contributed by atoms with van der Waals surface area (Å²) in [5.41, 5.74) is 2.57. The van der Waals surface area contributed by atoms with E-state index in [-0.39, 0.29) is 5.91 Å². The number of nitrogens with zero attached hydrogens (tertiary/aromatic N) is 1. The molecule has 0 aliphatic carbocycles. The highest BCUT2D eigenvalue weighted by Gasteiger charge is 2.25. The Hall–Kier alpha value is -1.81. The molecule has 3 rings (SSSR count). The van der Waals surface area contributed by atoms with Gasteiger partial charge in [-0.3, -0.25) is 4.79 Å². The van der Waals surface area contributed by atoms with Crippen molar-refractivity contribution in [1.82, 2.24) is 0 Å². The van der Waals surface area contributed by atoms with Crippen LogP contribution in [-0.2, 0) is 0 Å². The predicted octanol–water partition coefficient (Wildman–Crippen LogP) is 3.80. The summed E-state index contributed by atoms with van der Waals surface area (Å²) in [5, 5.41) is 0. The Morgan fingerprint density at radius 2 is 2.00 bits per heavy atom. The van der Waals surface area contributed by atoms with Gasteiger partial charge in [0.05, 0.1) is 17.8 Å². The van der Waals surface area contributed by atoms with Crippen molar-refractivity contribution in [3.63, 3.8) is 0 Å². The quantitative estimate of drug-likeness (QED) is 0.795. The fraction of sp³-hybridized carbons (Fsp3) is 0.188. The predicted molar refractivity (Wildman–Crippen MR) is 82.5 cm³/mol. The minimum Gasteiger partial charge on any atom is -0.490 e. The van der Waals surface area contributed by atoms with E-state index in [1.54, 1.807) is 4.90 Å². The van der Waals surface area contributed by atoms with Crippen LogP contribution in [0.3, 0.4) is 0 Å². The average molecular weight is 332 g/mol. The number of benzene rings is 2. The van der Waals surface area contributed by atoms with Crippen molar-refractivity contribution in [2.24, 2.45) is 0 Å². The number of halogens is 1. The summed E-state index contributed by atoms with van der Waals surface area (Å²) in [7, 11) is 0. The number of ether oxygens (including phenoxy) is 1. The molecule has 0 radical (unpaired) electrons. The lowest BCUT2D eigenvalue weighted by molar-refractivity contribution is 0.0976. The standard InChI is InChI=1S/C16H14BrNO2/c1-11-5-4-6-12(15(11)17)16(19)18-9-10-20-14-8-3-2-7-13(14)18/h2-8H,9-10H2,1H3. The van der Waals surface area contributed by atoms with Gasteiger partial charge in [-0.05, 0) is 46.6 Å². The van der Waals surface area contributed by atoms with Gasteiger partial charge in [0.1, 0.15) is 12.4 Å². The Bertz CT molecular complexity index is 669. The summed E-state index contributed by atoms with van der Waals surface area (Å²) in [4.78, 5) is 14.6. The zero-order chi connectivity index (χ0) is 14.1. The molecule has 0 aromatic heterocycles. The van der Waals surface area contributed by atoms with Gasteiger partial charge in [0, 0.05) is 4.47 Å². The summed E-state index contributed by atoms with van der Waals surface area (Å²) >= 11 is 3.51. The summed E-state index contributed by atoms with van der Waals surface area (Å²) in [6.07, 6.45) is 0. The first-order chi connectivity index (χ1) is 9.68. The van der Waals surface area contributed by atoms with E-state index >= 15 is 0 Å². The normalized spacial score (nSPS) is 13.6. The fourth-order valence-corrected chi connectivity index (χ4v) is 2.77. The number of carbonyl (C=O) groups excluding carboxylic acids is 1. The maximum atomic E-state index is 12.8. The number of hydrogen-bond donors (Lipinski definition) is 0. The molecule has 0 fully saturated rings. The molecule has 1 aliphatic heterocycles. The van der Waals surface area contributed by atoms with Gasteiger partial charge in [0.15, 0.2) is 0 Å². The van der Waals surface area contributed by atoms with Crippen LogP contribution in [0.1, 0.15) is 15.9 Å². The van der Waals surface area contributed by atoms with E-state index in [0.29, 0.717) is 18.7 Å². The zero-order valence-corrected chi connectivity index (χ0v) is 12.7. The van der Waals surface area contributed by atoms with Gasteiger partial charge in [0.25, 0.3) is 5.91 Å². The van der Waals surface area contributed by atoms with Gasteiger partial charge in [-0.15, -0.1) is 0 Å². The molecule has 0 unspecified atom stereocenters. The molecule has 3 nitrogen and oxygen atoms in total. The van der Waals surface area contributed by atoms with Crippen LogP contribution in [0.5, 0.6) is 5.75 Å². The number of aryl methyl sites for hydroxylation is 1. The van der Waals surface area contributed by atoms with Crippen molar-refractivity contribution in [3.05, 3.63) is 58.1 Å². The Labute approximate surface area is 126 Å². The van der Waals surface area contributed by atoms with Gasteiger partial charge in [-0.25, -0.2) is 0 Å². The molecule has 0 bridgehead atoms.